The van der Waals surface area contributed by atoms with Gasteiger partial charge in [-0.05, 0) is 59.7 Å². The minimum absolute atomic E-state index is 0. The van der Waals surface area contributed by atoms with Crippen molar-refractivity contribution in [3.8, 4) is 34.1 Å². The molecule has 0 saturated heterocycles. The van der Waals surface area contributed by atoms with Gasteiger partial charge in [0.15, 0.2) is 0 Å². The molecular weight excluding hydrogens is 690 g/mol. The molecule has 10 nitrogen and oxygen atoms in total. The number of hydrogen-bond donors (Lipinski definition) is 2. The summed E-state index contributed by atoms with van der Waals surface area (Å²) in [7, 11) is 11.6. The van der Waals surface area contributed by atoms with Crippen LogP contribution in [0.15, 0.2) is 94.9 Å². The molecule has 42 heavy (non-hydrogen) atoms. The zero-order valence-electron chi connectivity index (χ0n) is 22.2. The van der Waals surface area contributed by atoms with Crippen LogP contribution in [0.3, 0.4) is 0 Å². The van der Waals surface area contributed by atoms with Crippen LogP contribution < -0.4 is 9.47 Å². The molecule has 4 aromatic rings. The maximum absolute atomic E-state index is 9.94. The molecule has 0 bridgehead atoms. The number of rotatable bonds is 7. The Balaban J connectivity index is -0.00000182. The number of phenolic OH excluding ortho intramolecular Hbond substituents is 2. The predicted molar refractivity (Wildman–Crippen MR) is 162 cm³/mol. The Hall–Kier alpha value is -3.12. The standard InChI is InChI=1S/C28H24N2O4.2ClH.2Cu.4H2O/c1-33-27-15-19(11-13-23(27)29-17-21-7-3-5-9-25(21)31)20-12-14-24(28(16-20)34-2)30-18-22-8-4-6-10-26(22)32;;;;;;;;/h3-18,31-32H,1-2H3;2*1H;;;4*1H2/q;;;2*+1;;;;/p-2. The number of nitrogens with zero attached hydrogens (tertiary/aromatic N) is 2. The van der Waals surface area contributed by atoms with Crippen LogP contribution in [0.2, 0.25) is 0 Å². The molecule has 0 atom stereocenters. The number of benzene rings is 4. The average molecular weight is 723 g/mol. The van der Waals surface area contributed by atoms with Crippen LogP contribution in [0.5, 0.6) is 23.0 Å². The van der Waals surface area contributed by atoms with Crippen molar-refractivity contribution >= 4 is 44.0 Å². The topological polar surface area (TPSA) is 210 Å². The first-order chi connectivity index (χ1) is 18.6. The normalized spacial score (nSPS) is 9.43. The van der Waals surface area contributed by atoms with E-state index in [-0.39, 0.29) is 33.4 Å². The van der Waals surface area contributed by atoms with Gasteiger partial charge in [0, 0.05) is 23.6 Å². The molecule has 4 rings (SSSR count). The van der Waals surface area contributed by atoms with Crippen molar-refractivity contribution in [3.63, 3.8) is 0 Å². The van der Waals surface area contributed by atoms with Crippen molar-refractivity contribution in [1.29, 1.82) is 0 Å². The van der Waals surface area contributed by atoms with Crippen molar-refractivity contribution in [2.75, 3.05) is 14.2 Å². The Labute approximate surface area is 269 Å². The van der Waals surface area contributed by atoms with Crippen molar-refractivity contribution in [2.24, 2.45) is 9.98 Å². The van der Waals surface area contributed by atoms with Gasteiger partial charge in [0.25, 0.3) is 0 Å². The van der Waals surface area contributed by atoms with Crippen LogP contribution in [0.4, 0.5) is 11.4 Å². The monoisotopic (exact) mass is 720 g/mol. The average Bonchev–Trinajstić information content (AvgIpc) is 2.98. The Bertz CT molecular complexity index is 1290. The summed E-state index contributed by atoms with van der Waals surface area (Å²) in [5.74, 6) is 1.54. The number of para-hydroxylation sites is 2. The van der Waals surface area contributed by atoms with Crippen LogP contribution in [0, 0.1) is 0 Å². The molecule has 10 N–H and O–H groups in total. The van der Waals surface area contributed by atoms with Crippen LogP contribution in [0.25, 0.3) is 11.1 Å². The number of aromatic hydroxyl groups is 2. The van der Waals surface area contributed by atoms with E-state index in [9.17, 15) is 10.2 Å². The molecule has 0 saturated carbocycles. The molecule has 14 heteroatoms. The molecule has 0 unspecified atom stereocenters. The molecule has 0 fully saturated rings. The fraction of sp³-hybridized carbons (Fsp3) is 0.0714. The molecule has 0 aliphatic heterocycles. The van der Waals surface area contributed by atoms with Gasteiger partial charge in [-0.15, -0.1) is 0 Å². The number of aliphatic imine (C=N–C) groups is 2. The van der Waals surface area contributed by atoms with Gasteiger partial charge in [0.2, 0.25) is 0 Å². The van der Waals surface area contributed by atoms with Gasteiger partial charge in [0.1, 0.15) is 34.4 Å². The van der Waals surface area contributed by atoms with Crippen LogP contribution in [-0.4, -0.2) is 58.8 Å². The summed E-state index contributed by atoms with van der Waals surface area (Å²) in [6.45, 7) is 0. The molecule has 0 aliphatic carbocycles. The second kappa shape index (κ2) is 23.4. The van der Waals surface area contributed by atoms with Gasteiger partial charge >= 0.3 is 50.4 Å². The number of halogens is 2. The Morgan fingerprint density at radius 1 is 0.571 bits per heavy atom. The number of phenols is 2. The zero-order chi connectivity index (χ0) is 27.9. The zero-order valence-corrected chi connectivity index (χ0v) is 25.6. The molecule has 4 aromatic carbocycles. The first-order valence-electron chi connectivity index (χ1n) is 10.8. The third kappa shape index (κ3) is 12.0. The van der Waals surface area contributed by atoms with E-state index in [0.717, 1.165) is 11.1 Å². The van der Waals surface area contributed by atoms with Crippen LogP contribution in [-0.2, 0) is 30.2 Å². The van der Waals surface area contributed by atoms with E-state index < -0.39 is 0 Å². The molecule has 0 spiro atoms. The summed E-state index contributed by atoms with van der Waals surface area (Å²) in [5.41, 5.74) is 4.38. The second-order valence-electron chi connectivity index (χ2n) is 7.41. The first kappa shape index (κ1) is 43.3. The Kier molecular flexibility index (Phi) is 24.2. The minimum atomic E-state index is 0. The number of methoxy groups -OCH3 is 2. The van der Waals surface area contributed by atoms with E-state index in [2.05, 4.69) is 60.4 Å². The Morgan fingerprint density at radius 3 is 1.21 bits per heavy atom. The van der Waals surface area contributed by atoms with Crippen molar-refractivity contribution in [1.82, 2.24) is 0 Å². The number of ether oxygens (including phenoxy) is 2. The fourth-order valence-electron chi connectivity index (χ4n) is 3.40. The second-order valence-corrected chi connectivity index (χ2v) is 7.41. The van der Waals surface area contributed by atoms with Crippen LogP contribution >= 0.6 is 20.2 Å². The first-order valence-corrected chi connectivity index (χ1v) is 13.4. The summed E-state index contributed by atoms with van der Waals surface area (Å²) in [6, 6.07) is 25.4. The van der Waals surface area contributed by atoms with Gasteiger partial charge < -0.3 is 41.6 Å². The van der Waals surface area contributed by atoms with Gasteiger partial charge in [-0.1, -0.05) is 36.4 Å². The summed E-state index contributed by atoms with van der Waals surface area (Å²) in [5, 5.41) is 19.9. The molecule has 0 aromatic heterocycles. The van der Waals surface area contributed by atoms with Crippen molar-refractivity contribution < 1.29 is 71.8 Å². The van der Waals surface area contributed by atoms with Gasteiger partial charge in [0.05, 0.1) is 14.2 Å². The van der Waals surface area contributed by atoms with E-state index in [1.807, 2.05) is 48.5 Å². The van der Waals surface area contributed by atoms with E-state index >= 15 is 0 Å². The molecule has 0 amide bonds. The van der Waals surface area contributed by atoms with Gasteiger partial charge in [-0.25, -0.2) is 0 Å². The quantitative estimate of drug-likeness (QED) is 0.210. The van der Waals surface area contributed by atoms with Crippen molar-refractivity contribution in [2.45, 2.75) is 0 Å². The molecule has 0 aliphatic rings. The molecular formula is C28H32Cl2Cu2N2O8. The SMILES string of the molecule is COc1cc(-c2ccc(N=Cc3ccccc3O)c(OC)c2)ccc1N=Cc1ccccc1O.O.O.O.O.[Cl][Cu].[Cl][Cu]. The van der Waals surface area contributed by atoms with Gasteiger partial charge in [-0.3, -0.25) is 9.98 Å². The number of hydrogen-bond acceptors (Lipinski definition) is 6. The maximum atomic E-state index is 9.94. The van der Waals surface area contributed by atoms with E-state index in [0.29, 0.717) is 34.0 Å². The van der Waals surface area contributed by atoms with E-state index in [1.165, 1.54) is 0 Å². The summed E-state index contributed by atoms with van der Waals surface area (Å²) < 4.78 is 11.1. The van der Waals surface area contributed by atoms with E-state index in [4.69, 9.17) is 9.47 Å². The van der Waals surface area contributed by atoms with Crippen molar-refractivity contribution in [3.05, 3.63) is 96.1 Å². The van der Waals surface area contributed by atoms with E-state index in [1.54, 1.807) is 63.0 Å². The molecule has 0 radical (unpaired) electrons. The fourth-order valence-corrected chi connectivity index (χ4v) is 3.40. The Morgan fingerprint density at radius 2 is 0.905 bits per heavy atom. The third-order valence-electron chi connectivity index (χ3n) is 5.25. The van der Waals surface area contributed by atoms with Crippen LogP contribution in [0.1, 0.15) is 11.1 Å². The molecule has 0 heterocycles. The predicted octanol–water partition coefficient (Wildman–Crippen LogP) is 4.36. The summed E-state index contributed by atoms with van der Waals surface area (Å²) >= 11 is 7.32. The summed E-state index contributed by atoms with van der Waals surface area (Å²) in [4.78, 5) is 8.95. The summed E-state index contributed by atoms with van der Waals surface area (Å²) in [6.07, 6.45) is 3.21. The third-order valence-corrected chi connectivity index (χ3v) is 5.25. The molecule has 238 valence electrons. The van der Waals surface area contributed by atoms with Gasteiger partial charge in [-0.2, -0.15) is 0 Å².